The highest BCUT2D eigenvalue weighted by Gasteiger charge is 1.99. The lowest BCUT2D eigenvalue weighted by Gasteiger charge is -1.97. The van der Waals surface area contributed by atoms with Crippen molar-refractivity contribution in [1.29, 1.82) is 0 Å². The molecule has 1 rings (SSSR count). The second kappa shape index (κ2) is 6.13. The second-order valence-electron chi connectivity index (χ2n) is 2.64. The molecule has 0 bridgehead atoms. The maximum atomic E-state index is 5.31. The van der Waals surface area contributed by atoms with Crippen molar-refractivity contribution in [3.05, 3.63) is 21.9 Å². The molecule has 3 heteroatoms. The minimum Gasteiger partial charge on any atom is -0.376 e. The summed E-state index contributed by atoms with van der Waals surface area (Å²) in [5.41, 5.74) is 0. The monoisotopic (exact) mass is 200 g/mol. The van der Waals surface area contributed by atoms with Crippen LogP contribution in [0.2, 0.25) is 0 Å². The Labute approximate surface area is 83.5 Å². The van der Waals surface area contributed by atoms with E-state index in [2.05, 4.69) is 12.1 Å². The fourth-order valence-electron chi connectivity index (χ4n) is 0.983. The van der Waals surface area contributed by atoms with Crippen molar-refractivity contribution in [2.75, 3.05) is 13.2 Å². The van der Waals surface area contributed by atoms with Gasteiger partial charge in [-0.1, -0.05) is 0 Å². The molecule has 0 aliphatic heterocycles. The van der Waals surface area contributed by atoms with E-state index in [-0.39, 0.29) is 0 Å². The molecule has 0 N–H and O–H groups in total. The fraction of sp³-hybridized carbons (Fsp3) is 0.600. The Bertz CT molecular complexity index is 210. The molecule has 1 aromatic heterocycles. The number of ether oxygens (including phenoxy) is 2. The summed E-state index contributed by atoms with van der Waals surface area (Å²) in [6.07, 6.45) is 0. The SMILES string of the molecule is CCOCc1ccc(COCC)s1. The van der Waals surface area contributed by atoms with Gasteiger partial charge in [-0.15, -0.1) is 11.3 Å². The molecule has 0 aliphatic carbocycles. The van der Waals surface area contributed by atoms with Crippen molar-refractivity contribution in [3.63, 3.8) is 0 Å². The van der Waals surface area contributed by atoms with E-state index >= 15 is 0 Å². The number of hydrogen-bond acceptors (Lipinski definition) is 3. The maximum Gasteiger partial charge on any atom is 0.0809 e. The maximum absolute atomic E-state index is 5.31. The first-order valence-electron chi connectivity index (χ1n) is 4.59. The molecule has 0 aromatic carbocycles. The van der Waals surface area contributed by atoms with Crippen LogP contribution in [-0.4, -0.2) is 13.2 Å². The van der Waals surface area contributed by atoms with Crippen LogP contribution in [0.25, 0.3) is 0 Å². The van der Waals surface area contributed by atoms with Gasteiger partial charge < -0.3 is 9.47 Å². The van der Waals surface area contributed by atoms with Crippen molar-refractivity contribution >= 4 is 11.3 Å². The van der Waals surface area contributed by atoms with Gasteiger partial charge in [0.1, 0.15) is 0 Å². The van der Waals surface area contributed by atoms with E-state index in [4.69, 9.17) is 9.47 Å². The molecular weight excluding hydrogens is 184 g/mol. The standard InChI is InChI=1S/C10H16O2S/c1-3-11-7-9-5-6-10(13-9)8-12-4-2/h5-6H,3-4,7-8H2,1-2H3. The van der Waals surface area contributed by atoms with Crippen LogP contribution in [0.1, 0.15) is 23.6 Å². The normalized spacial score (nSPS) is 10.6. The Morgan fingerprint density at radius 2 is 1.46 bits per heavy atom. The third kappa shape index (κ3) is 3.89. The van der Waals surface area contributed by atoms with Crippen LogP contribution in [-0.2, 0) is 22.7 Å². The molecule has 0 fully saturated rings. The average molecular weight is 200 g/mol. The summed E-state index contributed by atoms with van der Waals surface area (Å²) in [5, 5.41) is 0. The van der Waals surface area contributed by atoms with Gasteiger partial charge >= 0.3 is 0 Å². The molecule has 0 unspecified atom stereocenters. The first kappa shape index (κ1) is 10.7. The fourth-order valence-corrected chi connectivity index (χ4v) is 1.88. The summed E-state index contributed by atoms with van der Waals surface area (Å²) in [4.78, 5) is 2.55. The predicted molar refractivity (Wildman–Crippen MR) is 55.0 cm³/mol. The second-order valence-corrected chi connectivity index (χ2v) is 3.90. The van der Waals surface area contributed by atoms with Crippen LogP contribution in [0.5, 0.6) is 0 Å². The van der Waals surface area contributed by atoms with E-state index in [1.807, 2.05) is 13.8 Å². The smallest absolute Gasteiger partial charge is 0.0809 e. The van der Waals surface area contributed by atoms with Crippen LogP contribution >= 0.6 is 11.3 Å². The molecule has 0 aliphatic rings. The molecule has 0 spiro atoms. The van der Waals surface area contributed by atoms with Gasteiger partial charge in [0.15, 0.2) is 0 Å². The van der Waals surface area contributed by atoms with Crippen molar-refractivity contribution < 1.29 is 9.47 Å². The highest BCUT2D eigenvalue weighted by molar-refractivity contribution is 7.11. The van der Waals surface area contributed by atoms with Gasteiger partial charge in [-0.2, -0.15) is 0 Å². The van der Waals surface area contributed by atoms with Gasteiger partial charge in [0.25, 0.3) is 0 Å². The molecular formula is C10H16O2S. The van der Waals surface area contributed by atoms with Gasteiger partial charge in [0.2, 0.25) is 0 Å². The summed E-state index contributed by atoms with van der Waals surface area (Å²) in [7, 11) is 0. The molecule has 0 atom stereocenters. The summed E-state index contributed by atoms with van der Waals surface area (Å²) >= 11 is 1.76. The van der Waals surface area contributed by atoms with E-state index in [0.29, 0.717) is 0 Å². The Morgan fingerprint density at radius 3 is 1.85 bits per heavy atom. The van der Waals surface area contributed by atoms with E-state index in [1.165, 1.54) is 9.75 Å². The van der Waals surface area contributed by atoms with Gasteiger partial charge in [-0.3, -0.25) is 0 Å². The minimum atomic E-state index is 0.729. The molecule has 0 saturated heterocycles. The lowest BCUT2D eigenvalue weighted by molar-refractivity contribution is 0.135. The van der Waals surface area contributed by atoms with Gasteiger partial charge in [-0.05, 0) is 26.0 Å². The lowest BCUT2D eigenvalue weighted by atomic mass is 10.4. The van der Waals surface area contributed by atoms with Crippen LogP contribution in [0.3, 0.4) is 0 Å². The minimum absolute atomic E-state index is 0.729. The van der Waals surface area contributed by atoms with Gasteiger partial charge in [0, 0.05) is 23.0 Å². The Kier molecular flexibility index (Phi) is 5.05. The average Bonchev–Trinajstić information content (AvgIpc) is 2.59. The van der Waals surface area contributed by atoms with Crippen LogP contribution < -0.4 is 0 Å². The lowest BCUT2D eigenvalue weighted by Crippen LogP contribution is -1.88. The predicted octanol–water partition coefficient (Wildman–Crippen LogP) is 2.82. The summed E-state index contributed by atoms with van der Waals surface area (Å²) in [6.45, 7) is 7.03. The molecule has 13 heavy (non-hydrogen) atoms. The summed E-state index contributed by atoms with van der Waals surface area (Å²) in [5.74, 6) is 0. The molecule has 1 heterocycles. The number of rotatable bonds is 6. The first-order chi connectivity index (χ1) is 6.36. The van der Waals surface area contributed by atoms with E-state index in [9.17, 15) is 0 Å². The van der Waals surface area contributed by atoms with Crippen LogP contribution in [0, 0.1) is 0 Å². The topological polar surface area (TPSA) is 18.5 Å². The molecule has 74 valence electrons. The zero-order valence-electron chi connectivity index (χ0n) is 8.21. The van der Waals surface area contributed by atoms with Crippen LogP contribution in [0.15, 0.2) is 12.1 Å². The number of thiophene rings is 1. The van der Waals surface area contributed by atoms with Gasteiger partial charge in [0.05, 0.1) is 13.2 Å². The number of hydrogen-bond donors (Lipinski definition) is 0. The molecule has 0 amide bonds. The van der Waals surface area contributed by atoms with E-state index < -0.39 is 0 Å². The van der Waals surface area contributed by atoms with Crippen molar-refractivity contribution in [2.24, 2.45) is 0 Å². The molecule has 0 radical (unpaired) electrons. The zero-order chi connectivity index (χ0) is 9.52. The Morgan fingerprint density at radius 1 is 1.00 bits per heavy atom. The largest absolute Gasteiger partial charge is 0.376 e. The Hall–Kier alpha value is -0.380. The van der Waals surface area contributed by atoms with Crippen molar-refractivity contribution in [3.8, 4) is 0 Å². The van der Waals surface area contributed by atoms with Crippen molar-refractivity contribution in [2.45, 2.75) is 27.1 Å². The van der Waals surface area contributed by atoms with Crippen molar-refractivity contribution in [1.82, 2.24) is 0 Å². The Balaban J connectivity index is 2.34. The third-order valence-corrected chi connectivity index (χ3v) is 2.65. The quantitative estimate of drug-likeness (QED) is 0.703. The first-order valence-corrected chi connectivity index (χ1v) is 5.41. The third-order valence-electron chi connectivity index (χ3n) is 1.61. The molecule has 1 aromatic rings. The summed E-state index contributed by atoms with van der Waals surface area (Å²) in [6, 6.07) is 4.21. The van der Waals surface area contributed by atoms with Gasteiger partial charge in [-0.25, -0.2) is 0 Å². The van der Waals surface area contributed by atoms with E-state index in [0.717, 1.165) is 26.4 Å². The molecule has 0 saturated carbocycles. The van der Waals surface area contributed by atoms with E-state index in [1.54, 1.807) is 11.3 Å². The highest BCUT2D eigenvalue weighted by Crippen LogP contribution is 2.18. The highest BCUT2D eigenvalue weighted by atomic mass is 32.1. The summed E-state index contributed by atoms with van der Waals surface area (Å²) < 4.78 is 10.6. The zero-order valence-corrected chi connectivity index (χ0v) is 9.02. The van der Waals surface area contributed by atoms with Crippen LogP contribution in [0.4, 0.5) is 0 Å². The molecule has 2 nitrogen and oxygen atoms in total.